The van der Waals surface area contributed by atoms with Gasteiger partial charge in [0.15, 0.2) is 5.75 Å². The smallest absolute Gasteiger partial charge is 0.159 e. The Morgan fingerprint density at radius 1 is 1.53 bits per heavy atom. The van der Waals surface area contributed by atoms with E-state index in [9.17, 15) is 0 Å². The Bertz CT molecular complexity index is 299. The number of hydrogen-bond donors (Lipinski definition) is 0. The van der Waals surface area contributed by atoms with Gasteiger partial charge in [-0.1, -0.05) is 0 Å². The van der Waals surface area contributed by atoms with Crippen LogP contribution in [-0.2, 0) is 13.0 Å². The van der Waals surface area contributed by atoms with Crippen molar-refractivity contribution in [3.63, 3.8) is 0 Å². The number of methoxy groups -OCH3 is 1. The van der Waals surface area contributed by atoms with E-state index in [4.69, 9.17) is 16.3 Å². The van der Waals surface area contributed by atoms with E-state index in [0.29, 0.717) is 5.88 Å². The Morgan fingerprint density at radius 3 is 2.80 bits per heavy atom. The lowest BCUT2D eigenvalue weighted by atomic mass is 10.3. The van der Waals surface area contributed by atoms with Crippen LogP contribution in [0.25, 0.3) is 0 Å². The maximum Gasteiger partial charge on any atom is 0.159 e. The third-order valence-corrected chi connectivity index (χ3v) is 2.41. The quantitative estimate of drug-likeness (QED) is 0.690. The van der Waals surface area contributed by atoms with E-state index in [1.807, 2.05) is 18.8 Å². The molecular weight excluding hydrogens is 214 g/mol. The third kappa shape index (κ3) is 3.39. The number of alkyl halides is 1. The summed E-state index contributed by atoms with van der Waals surface area (Å²) in [4.78, 5) is 2.12. The molecular formula is C10H18ClN3O. The lowest BCUT2D eigenvalue weighted by Gasteiger charge is -2.11. The summed E-state index contributed by atoms with van der Waals surface area (Å²) in [5.74, 6) is 1.42. The maximum atomic E-state index is 5.75. The highest BCUT2D eigenvalue weighted by Crippen LogP contribution is 2.18. The summed E-state index contributed by atoms with van der Waals surface area (Å²) in [6, 6.07) is 0. The summed E-state index contributed by atoms with van der Waals surface area (Å²) in [6.45, 7) is 1.82. The van der Waals surface area contributed by atoms with Gasteiger partial charge in [-0.15, -0.1) is 11.6 Å². The Hall–Kier alpha value is -0.740. The second-order valence-electron chi connectivity index (χ2n) is 3.63. The van der Waals surface area contributed by atoms with Crippen molar-refractivity contribution in [2.75, 3.05) is 33.6 Å². The summed E-state index contributed by atoms with van der Waals surface area (Å²) in [5.41, 5.74) is 1.08. The SMILES string of the molecule is COc1cnn(CCN(C)C)c1CCCl. The van der Waals surface area contributed by atoms with E-state index in [2.05, 4.69) is 10.00 Å². The van der Waals surface area contributed by atoms with E-state index in [0.717, 1.165) is 31.0 Å². The van der Waals surface area contributed by atoms with E-state index < -0.39 is 0 Å². The van der Waals surface area contributed by atoms with Crippen molar-refractivity contribution in [1.82, 2.24) is 14.7 Å². The van der Waals surface area contributed by atoms with Gasteiger partial charge in [-0.2, -0.15) is 5.10 Å². The van der Waals surface area contributed by atoms with Gasteiger partial charge < -0.3 is 9.64 Å². The first kappa shape index (κ1) is 12.3. The van der Waals surface area contributed by atoms with E-state index in [-0.39, 0.29) is 0 Å². The van der Waals surface area contributed by atoms with Crippen molar-refractivity contribution < 1.29 is 4.74 Å². The van der Waals surface area contributed by atoms with Crippen LogP contribution in [0.1, 0.15) is 5.69 Å². The minimum absolute atomic E-state index is 0.587. The van der Waals surface area contributed by atoms with E-state index >= 15 is 0 Å². The molecule has 0 atom stereocenters. The van der Waals surface area contributed by atoms with Gasteiger partial charge in [0.25, 0.3) is 0 Å². The molecule has 0 saturated heterocycles. The maximum absolute atomic E-state index is 5.75. The van der Waals surface area contributed by atoms with Crippen molar-refractivity contribution in [3.05, 3.63) is 11.9 Å². The summed E-state index contributed by atoms with van der Waals surface area (Å²) >= 11 is 5.75. The monoisotopic (exact) mass is 231 g/mol. The molecule has 0 saturated carbocycles. The Labute approximate surface area is 95.8 Å². The molecule has 0 aliphatic rings. The molecule has 4 nitrogen and oxygen atoms in total. The molecule has 0 aliphatic heterocycles. The molecule has 0 spiro atoms. The number of ether oxygens (including phenoxy) is 1. The molecule has 0 fully saturated rings. The molecule has 5 heteroatoms. The van der Waals surface area contributed by atoms with Crippen LogP contribution < -0.4 is 4.74 Å². The molecule has 86 valence electrons. The highest BCUT2D eigenvalue weighted by atomic mass is 35.5. The summed E-state index contributed by atoms with van der Waals surface area (Å²) < 4.78 is 7.19. The van der Waals surface area contributed by atoms with Crippen molar-refractivity contribution in [3.8, 4) is 5.75 Å². The normalized spacial score (nSPS) is 11.0. The fraction of sp³-hybridized carbons (Fsp3) is 0.700. The zero-order chi connectivity index (χ0) is 11.3. The Balaban J connectivity index is 2.72. The Morgan fingerprint density at radius 2 is 2.27 bits per heavy atom. The zero-order valence-electron chi connectivity index (χ0n) is 9.53. The van der Waals surface area contributed by atoms with Crippen LogP contribution in [0.4, 0.5) is 0 Å². The lowest BCUT2D eigenvalue weighted by molar-refractivity contribution is 0.366. The number of halogens is 1. The van der Waals surface area contributed by atoms with Crippen LogP contribution in [0, 0.1) is 0 Å². The standard InChI is InChI=1S/C10H18ClN3O/c1-13(2)6-7-14-9(4-5-11)10(15-3)8-12-14/h8H,4-7H2,1-3H3. The van der Waals surface area contributed by atoms with Crippen molar-refractivity contribution in [2.24, 2.45) is 0 Å². The molecule has 1 aromatic heterocycles. The minimum Gasteiger partial charge on any atom is -0.493 e. The molecule has 1 heterocycles. The van der Waals surface area contributed by atoms with Crippen LogP contribution in [0.2, 0.25) is 0 Å². The Kier molecular flexibility index (Phi) is 4.91. The summed E-state index contributed by atoms with van der Waals surface area (Å²) in [7, 11) is 5.74. The van der Waals surface area contributed by atoms with Crippen molar-refractivity contribution >= 4 is 11.6 Å². The third-order valence-electron chi connectivity index (χ3n) is 2.22. The van der Waals surface area contributed by atoms with Crippen LogP contribution in [0.3, 0.4) is 0 Å². The van der Waals surface area contributed by atoms with Gasteiger partial charge in [-0.3, -0.25) is 4.68 Å². The van der Waals surface area contributed by atoms with Gasteiger partial charge in [-0.05, 0) is 14.1 Å². The predicted molar refractivity (Wildman–Crippen MR) is 61.8 cm³/mol. The summed E-state index contributed by atoms with van der Waals surface area (Å²) in [5, 5.41) is 4.28. The molecule has 0 radical (unpaired) electrons. The van der Waals surface area contributed by atoms with Crippen LogP contribution >= 0.6 is 11.6 Å². The number of likely N-dealkylation sites (N-methyl/N-ethyl adjacent to an activating group) is 1. The van der Waals surface area contributed by atoms with Gasteiger partial charge in [0.05, 0.1) is 25.5 Å². The molecule has 1 aromatic rings. The van der Waals surface area contributed by atoms with Crippen molar-refractivity contribution in [2.45, 2.75) is 13.0 Å². The molecule has 0 bridgehead atoms. The molecule has 15 heavy (non-hydrogen) atoms. The first-order chi connectivity index (χ1) is 7.19. The van der Waals surface area contributed by atoms with Crippen LogP contribution in [0.15, 0.2) is 6.20 Å². The lowest BCUT2D eigenvalue weighted by Crippen LogP contribution is -2.20. The highest BCUT2D eigenvalue weighted by Gasteiger charge is 2.10. The fourth-order valence-electron chi connectivity index (χ4n) is 1.39. The predicted octanol–water partition coefficient (Wildman–Crippen LogP) is 1.23. The molecule has 1 rings (SSSR count). The van der Waals surface area contributed by atoms with Gasteiger partial charge >= 0.3 is 0 Å². The molecule has 0 aliphatic carbocycles. The molecule has 0 aromatic carbocycles. The summed E-state index contributed by atoms with van der Waals surface area (Å²) in [6.07, 6.45) is 2.54. The molecule has 0 unspecified atom stereocenters. The fourth-order valence-corrected chi connectivity index (χ4v) is 1.57. The average molecular weight is 232 g/mol. The van der Waals surface area contributed by atoms with Crippen LogP contribution in [0.5, 0.6) is 5.75 Å². The van der Waals surface area contributed by atoms with E-state index in [1.54, 1.807) is 13.3 Å². The zero-order valence-corrected chi connectivity index (χ0v) is 10.3. The number of nitrogens with zero attached hydrogens (tertiary/aromatic N) is 3. The van der Waals surface area contributed by atoms with E-state index in [1.165, 1.54) is 0 Å². The molecule has 0 amide bonds. The molecule has 0 N–H and O–H groups in total. The number of rotatable bonds is 6. The first-order valence-corrected chi connectivity index (χ1v) is 5.52. The number of hydrogen-bond acceptors (Lipinski definition) is 3. The highest BCUT2D eigenvalue weighted by molar-refractivity contribution is 6.17. The topological polar surface area (TPSA) is 30.3 Å². The largest absolute Gasteiger partial charge is 0.493 e. The van der Waals surface area contributed by atoms with Gasteiger partial charge in [0, 0.05) is 18.8 Å². The van der Waals surface area contributed by atoms with Crippen LogP contribution in [-0.4, -0.2) is 48.3 Å². The minimum atomic E-state index is 0.587. The van der Waals surface area contributed by atoms with Gasteiger partial charge in [-0.25, -0.2) is 0 Å². The average Bonchev–Trinajstić information content (AvgIpc) is 2.58. The van der Waals surface area contributed by atoms with Crippen molar-refractivity contribution in [1.29, 1.82) is 0 Å². The number of aromatic nitrogens is 2. The first-order valence-electron chi connectivity index (χ1n) is 4.98. The van der Waals surface area contributed by atoms with Gasteiger partial charge in [0.1, 0.15) is 0 Å². The second kappa shape index (κ2) is 5.98. The van der Waals surface area contributed by atoms with Gasteiger partial charge in [0.2, 0.25) is 0 Å². The second-order valence-corrected chi connectivity index (χ2v) is 4.00.